The standard InChI is InChI=1S/C17H28N2O2/c1-8-12-15(11(3)20)13(9-2)19(18-12)14-10-16(4,5)21-17(14,6)7/h14H,8-10H2,1-7H3. The first-order valence-corrected chi connectivity index (χ1v) is 7.94. The SMILES string of the molecule is CCc1nn(C2CC(C)(C)OC2(C)C)c(CC)c1C(C)=O. The molecule has 0 aliphatic carbocycles. The Kier molecular flexibility index (Phi) is 4.04. The van der Waals surface area contributed by atoms with E-state index < -0.39 is 0 Å². The van der Waals surface area contributed by atoms with Gasteiger partial charge in [-0.3, -0.25) is 9.48 Å². The minimum absolute atomic E-state index is 0.117. The van der Waals surface area contributed by atoms with Crippen LogP contribution in [0.1, 0.15) is 82.7 Å². The third kappa shape index (κ3) is 2.78. The van der Waals surface area contributed by atoms with Gasteiger partial charge in [-0.2, -0.15) is 5.10 Å². The molecule has 1 aliphatic heterocycles. The maximum Gasteiger partial charge on any atom is 0.163 e. The van der Waals surface area contributed by atoms with Gasteiger partial charge < -0.3 is 4.74 Å². The van der Waals surface area contributed by atoms with Crippen LogP contribution in [-0.4, -0.2) is 26.8 Å². The molecule has 4 nitrogen and oxygen atoms in total. The van der Waals surface area contributed by atoms with Crippen molar-refractivity contribution in [2.75, 3.05) is 0 Å². The van der Waals surface area contributed by atoms with E-state index in [2.05, 4.69) is 46.2 Å². The molecule has 0 bridgehead atoms. The van der Waals surface area contributed by atoms with Crippen LogP contribution in [0.15, 0.2) is 0 Å². The van der Waals surface area contributed by atoms with Gasteiger partial charge in [-0.1, -0.05) is 13.8 Å². The average molecular weight is 292 g/mol. The first kappa shape index (κ1) is 16.2. The van der Waals surface area contributed by atoms with Crippen molar-refractivity contribution >= 4 is 5.78 Å². The molecule has 4 heteroatoms. The van der Waals surface area contributed by atoms with Crippen molar-refractivity contribution in [3.8, 4) is 0 Å². The number of nitrogens with zero attached hydrogens (tertiary/aromatic N) is 2. The molecule has 0 saturated carbocycles. The molecule has 1 saturated heterocycles. The highest BCUT2D eigenvalue weighted by atomic mass is 16.5. The second-order valence-electron chi connectivity index (χ2n) is 7.16. The molecule has 1 unspecified atom stereocenters. The predicted octanol–water partition coefficient (Wildman–Crippen LogP) is 3.73. The van der Waals surface area contributed by atoms with E-state index in [4.69, 9.17) is 9.84 Å². The van der Waals surface area contributed by atoms with Gasteiger partial charge >= 0.3 is 0 Å². The van der Waals surface area contributed by atoms with E-state index in [1.807, 2.05) is 0 Å². The van der Waals surface area contributed by atoms with Crippen LogP contribution in [0.3, 0.4) is 0 Å². The summed E-state index contributed by atoms with van der Waals surface area (Å²) in [5.74, 6) is 0.117. The van der Waals surface area contributed by atoms with Crippen molar-refractivity contribution in [1.29, 1.82) is 0 Å². The van der Waals surface area contributed by atoms with Gasteiger partial charge in [0.2, 0.25) is 0 Å². The number of Topliss-reactive ketones (excluding diaryl/α,β-unsaturated/α-hetero) is 1. The van der Waals surface area contributed by atoms with Crippen LogP contribution in [0.2, 0.25) is 0 Å². The lowest BCUT2D eigenvalue weighted by atomic mass is 9.94. The number of aromatic nitrogens is 2. The van der Waals surface area contributed by atoms with E-state index in [1.54, 1.807) is 6.92 Å². The highest BCUT2D eigenvalue weighted by molar-refractivity contribution is 5.96. The molecule has 2 heterocycles. The highest BCUT2D eigenvalue weighted by Gasteiger charge is 2.48. The molecule has 1 aromatic heterocycles. The fourth-order valence-electron chi connectivity index (χ4n) is 3.69. The monoisotopic (exact) mass is 292 g/mol. The maximum atomic E-state index is 12.0. The lowest BCUT2D eigenvalue weighted by Crippen LogP contribution is -2.32. The summed E-state index contributed by atoms with van der Waals surface area (Å²) in [7, 11) is 0. The summed E-state index contributed by atoms with van der Waals surface area (Å²) >= 11 is 0. The van der Waals surface area contributed by atoms with Crippen LogP contribution in [0.4, 0.5) is 0 Å². The van der Waals surface area contributed by atoms with Gasteiger partial charge in [-0.15, -0.1) is 0 Å². The number of ether oxygens (including phenoxy) is 1. The highest BCUT2D eigenvalue weighted by Crippen LogP contribution is 2.45. The van der Waals surface area contributed by atoms with Crippen molar-refractivity contribution in [3.63, 3.8) is 0 Å². The first-order chi connectivity index (χ1) is 9.63. The molecule has 1 fully saturated rings. The molecule has 0 spiro atoms. The molecule has 1 aliphatic rings. The Morgan fingerprint density at radius 3 is 2.29 bits per heavy atom. The molecule has 1 aromatic rings. The summed E-state index contributed by atoms with van der Waals surface area (Å²) in [6, 6.07) is 0.167. The molecule has 2 rings (SSSR count). The van der Waals surface area contributed by atoms with Gasteiger partial charge in [0, 0.05) is 12.1 Å². The van der Waals surface area contributed by atoms with Crippen LogP contribution >= 0.6 is 0 Å². The number of carbonyl (C=O) groups is 1. The quantitative estimate of drug-likeness (QED) is 0.794. The van der Waals surface area contributed by atoms with Gasteiger partial charge in [-0.25, -0.2) is 0 Å². The Hall–Kier alpha value is -1.16. The third-order valence-electron chi connectivity index (χ3n) is 4.43. The largest absolute Gasteiger partial charge is 0.367 e. The number of carbonyl (C=O) groups excluding carboxylic acids is 1. The summed E-state index contributed by atoms with van der Waals surface area (Å²) in [5.41, 5.74) is 2.35. The third-order valence-corrected chi connectivity index (χ3v) is 4.43. The molecular formula is C17H28N2O2. The fraction of sp³-hybridized carbons (Fsp3) is 0.765. The second kappa shape index (κ2) is 5.24. The zero-order chi connectivity index (χ0) is 16.0. The van der Waals surface area contributed by atoms with Gasteiger partial charge in [0.15, 0.2) is 5.78 Å². The van der Waals surface area contributed by atoms with Crippen molar-refractivity contribution in [2.45, 2.75) is 85.0 Å². The second-order valence-corrected chi connectivity index (χ2v) is 7.16. The Labute approximate surface area is 127 Å². The number of hydrogen-bond donors (Lipinski definition) is 0. The Morgan fingerprint density at radius 2 is 1.90 bits per heavy atom. The van der Waals surface area contributed by atoms with E-state index >= 15 is 0 Å². The van der Waals surface area contributed by atoms with E-state index in [1.165, 1.54) is 0 Å². The van der Waals surface area contributed by atoms with Crippen molar-refractivity contribution in [2.24, 2.45) is 0 Å². The van der Waals surface area contributed by atoms with Crippen LogP contribution in [-0.2, 0) is 17.6 Å². The van der Waals surface area contributed by atoms with E-state index in [0.29, 0.717) is 0 Å². The van der Waals surface area contributed by atoms with Crippen LogP contribution in [0.25, 0.3) is 0 Å². The number of hydrogen-bond acceptors (Lipinski definition) is 3. The Morgan fingerprint density at radius 1 is 1.29 bits per heavy atom. The van der Waals surface area contributed by atoms with Crippen molar-refractivity contribution in [1.82, 2.24) is 9.78 Å². The van der Waals surface area contributed by atoms with Crippen LogP contribution < -0.4 is 0 Å². The van der Waals surface area contributed by atoms with Gasteiger partial charge in [-0.05, 0) is 47.5 Å². The lowest BCUT2D eigenvalue weighted by Gasteiger charge is -2.28. The molecule has 118 valence electrons. The predicted molar refractivity (Wildman–Crippen MR) is 83.9 cm³/mol. The summed E-state index contributed by atoms with van der Waals surface area (Å²) in [6.07, 6.45) is 2.51. The lowest BCUT2D eigenvalue weighted by molar-refractivity contribution is -0.0739. The normalized spacial score (nSPS) is 23.5. The molecule has 0 amide bonds. The average Bonchev–Trinajstić information content (AvgIpc) is 2.82. The minimum Gasteiger partial charge on any atom is -0.367 e. The first-order valence-electron chi connectivity index (χ1n) is 7.94. The van der Waals surface area contributed by atoms with Crippen molar-refractivity contribution < 1.29 is 9.53 Å². The summed E-state index contributed by atoms with van der Waals surface area (Å²) in [4.78, 5) is 12.0. The minimum atomic E-state index is -0.279. The maximum absolute atomic E-state index is 12.0. The Bertz CT molecular complexity index is 555. The Balaban J connectivity index is 2.57. The number of rotatable bonds is 4. The fourth-order valence-corrected chi connectivity index (χ4v) is 3.69. The smallest absolute Gasteiger partial charge is 0.163 e. The van der Waals surface area contributed by atoms with E-state index in [-0.39, 0.29) is 23.0 Å². The molecule has 1 atom stereocenters. The summed E-state index contributed by atoms with van der Waals surface area (Å²) < 4.78 is 8.27. The van der Waals surface area contributed by atoms with Gasteiger partial charge in [0.25, 0.3) is 0 Å². The summed E-state index contributed by atoms with van der Waals surface area (Å²) in [6.45, 7) is 14.3. The number of aryl methyl sites for hydroxylation is 1. The molecular weight excluding hydrogens is 264 g/mol. The molecule has 0 radical (unpaired) electrons. The zero-order valence-electron chi connectivity index (χ0n) is 14.4. The van der Waals surface area contributed by atoms with E-state index in [0.717, 1.165) is 36.2 Å². The molecule has 21 heavy (non-hydrogen) atoms. The van der Waals surface area contributed by atoms with Crippen LogP contribution in [0, 0.1) is 0 Å². The molecule has 0 aromatic carbocycles. The molecule has 0 N–H and O–H groups in total. The van der Waals surface area contributed by atoms with Gasteiger partial charge in [0.1, 0.15) is 0 Å². The summed E-state index contributed by atoms with van der Waals surface area (Å²) in [5, 5.41) is 4.78. The van der Waals surface area contributed by atoms with Gasteiger partial charge in [0.05, 0.1) is 28.5 Å². The van der Waals surface area contributed by atoms with E-state index in [9.17, 15) is 4.79 Å². The zero-order valence-corrected chi connectivity index (χ0v) is 14.4. The van der Waals surface area contributed by atoms with Crippen LogP contribution in [0.5, 0.6) is 0 Å². The number of ketones is 1. The topological polar surface area (TPSA) is 44.1 Å². The van der Waals surface area contributed by atoms with Crippen molar-refractivity contribution in [3.05, 3.63) is 17.0 Å².